The summed E-state index contributed by atoms with van der Waals surface area (Å²) in [6.45, 7) is 13.1. The van der Waals surface area contributed by atoms with E-state index in [9.17, 15) is 14.4 Å². The minimum atomic E-state index is -0.360. The summed E-state index contributed by atoms with van der Waals surface area (Å²) < 4.78 is 0. The lowest BCUT2D eigenvalue weighted by Gasteiger charge is -2.16. The van der Waals surface area contributed by atoms with Crippen LogP contribution < -0.4 is 21.3 Å². The molecule has 0 unspecified atom stereocenters. The molecule has 2 aromatic carbocycles. The standard InChI is InChI=1S/C31H37ClN6O3/c1-18-19(2)21(4)30(22(5)20(18)3)26(40)11-12-29(41)36-16-15-35-28-17-27(34-14-13-33-23(6)39)37-31(38-28)24-7-9-25(32)10-8-24/h7-12,17H,13-16H2,1-6H3,(H,33,39)(H,36,41)(H2,34,35,37,38)/b12-11+. The number of hydrogen-bond donors (Lipinski definition) is 4. The van der Waals surface area contributed by atoms with Gasteiger partial charge in [-0.05, 0) is 92.8 Å². The molecule has 0 aliphatic carbocycles. The molecule has 1 aromatic heterocycles. The lowest BCUT2D eigenvalue weighted by atomic mass is 9.87. The number of halogens is 1. The number of aromatic nitrogens is 2. The number of benzene rings is 2. The maximum Gasteiger partial charge on any atom is 0.244 e. The molecule has 0 radical (unpaired) electrons. The Morgan fingerprint density at radius 3 is 1.78 bits per heavy atom. The van der Waals surface area contributed by atoms with E-state index in [1.807, 2.05) is 39.8 Å². The van der Waals surface area contributed by atoms with Crippen LogP contribution in [-0.4, -0.2) is 53.7 Å². The maximum atomic E-state index is 12.9. The van der Waals surface area contributed by atoms with Crippen LogP contribution in [0.4, 0.5) is 11.6 Å². The van der Waals surface area contributed by atoms with Crippen molar-refractivity contribution in [2.45, 2.75) is 41.5 Å². The SMILES string of the molecule is CC(=O)NCCNc1cc(NCCNC(=O)/C=C/C(=O)c2c(C)c(C)c(C)c(C)c2C)nc(-c2ccc(Cl)cc2)n1. The molecule has 216 valence electrons. The molecular weight excluding hydrogens is 540 g/mol. The number of ketones is 1. The molecule has 0 atom stereocenters. The Morgan fingerprint density at radius 2 is 1.24 bits per heavy atom. The van der Waals surface area contributed by atoms with E-state index in [-0.39, 0.29) is 17.6 Å². The Kier molecular flexibility index (Phi) is 11.0. The van der Waals surface area contributed by atoms with Crippen LogP contribution in [0, 0.1) is 34.6 Å². The molecule has 3 rings (SSSR count). The van der Waals surface area contributed by atoms with E-state index < -0.39 is 0 Å². The quantitative estimate of drug-likeness (QED) is 0.138. The third kappa shape index (κ3) is 8.62. The summed E-state index contributed by atoms with van der Waals surface area (Å²) in [5.74, 6) is 0.977. The van der Waals surface area contributed by atoms with Crippen molar-refractivity contribution in [3.05, 3.63) is 80.9 Å². The molecule has 0 aliphatic rings. The molecule has 0 bridgehead atoms. The number of allylic oxidation sites excluding steroid dienone is 1. The van der Waals surface area contributed by atoms with E-state index >= 15 is 0 Å². The van der Waals surface area contributed by atoms with Crippen molar-refractivity contribution in [3.8, 4) is 11.4 Å². The van der Waals surface area contributed by atoms with Gasteiger partial charge >= 0.3 is 0 Å². The molecule has 0 aliphatic heterocycles. The molecule has 41 heavy (non-hydrogen) atoms. The normalized spacial score (nSPS) is 10.9. The minimum absolute atomic E-state index is 0.106. The largest absolute Gasteiger partial charge is 0.368 e. The fourth-order valence-electron chi connectivity index (χ4n) is 4.33. The number of carbonyl (C=O) groups is 3. The van der Waals surface area contributed by atoms with Gasteiger partial charge in [0.1, 0.15) is 11.6 Å². The van der Waals surface area contributed by atoms with Gasteiger partial charge in [0.2, 0.25) is 11.8 Å². The first kappa shape index (κ1) is 31.3. The van der Waals surface area contributed by atoms with Gasteiger partial charge in [-0.25, -0.2) is 9.97 Å². The first-order valence-corrected chi connectivity index (χ1v) is 13.8. The van der Waals surface area contributed by atoms with E-state index in [0.717, 1.165) is 27.8 Å². The van der Waals surface area contributed by atoms with E-state index in [1.54, 1.807) is 18.2 Å². The average Bonchev–Trinajstić information content (AvgIpc) is 2.94. The van der Waals surface area contributed by atoms with E-state index in [1.165, 1.54) is 24.6 Å². The zero-order valence-electron chi connectivity index (χ0n) is 24.4. The molecule has 2 amide bonds. The number of anilines is 2. The van der Waals surface area contributed by atoms with E-state index in [4.69, 9.17) is 11.6 Å². The van der Waals surface area contributed by atoms with E-state index in [2.05, 4.69) is 38.2 Å². The highest BCUT2D eigenvalue weighted by atomic mass is 35.5. The second kappa shape index (κ2) is 14.4. The summed E-state index contributed by atoms with van der Waals surface area (Å²) in [5, 5.41) is 12.5. The molecule has 1 heterocycles. The summed E-state index contributed by atoms with van der Waals surface area (Å²) >= 11 is 6.03. The summed E-state index contributed by atoms with van der Waals surface area (Å²) in [7, 11) is 0. The number of carbonyl (C=O) groups excluding carboxylic acids is 3. The topological polar surface area (TPSA) is 125 Å². The van der Waals surface area contributed by atoms with Crippen LogP contribution in [0.25, 0.3) is 11.4 Å². The minimum Gasteiger partial charge on any atom is -0.368 e. The second-order valence-electron chi connectivity index (χ2n) is 9.79. The molecule has 0 fully saturated rings. The Labute approximate surface area is 246 Å². The van der Waals surface area contributed by atoms with Crippen LogP contribution in [0.2, 0.25) is 5.02 Å². The van der Waals surface area contributed by atoms with Gasteiger partial charge in [0.15, 0.2) is 11.6 Å². The predicted molar refractivity (Wildman–Crippen MR) is 165 cm³/mol. The van der Waals surface area contributed by atoms with E-state index in [0.29, 0.717) is 54.2 Å². The zero-order valence-corrected chi connectivity index (χ0v) is 25.1. The second-order valence-corrected chi connectivity index (χ2v) is 10.2. The van der Waals surface area contributed by atoms with Crippen LogP contribution in [0.1, 0.15) is 45.1 Å². The summed E-state index contributed by atoms with van der Waals surface area (Å²) in [6, 6.07) is 8.95. The van der Waals surface area contributed by atoms with Gasteiger partial charge in [0.05, 0.1) is 0 Å². The third-order valence-electron chi connectivity index (χ3n) is 7.00. The van der Waals surface area contributed by atoms with Crippen LogP contribution in [-0.2, 0) is 9.59 Å². The highest BCUT2D eigenvalue weighted by molar-refractivity contribution is 6.30. The highest BCUT2D eigenvalue weighted by Crippen LogP contribution is 2.26. The van der Waals surface area contributed by atoms with Crippen molar-refractivity contribution in [1.29, 1.82) is 0 Å². The number of hydrogen-bond acceptors (Lipinski definition) is 7. The average molecular weight is 577 g/mol. The van der Waals surface area contributed by atoms with Crippen LogP contribution in [0.5, 0.6) is 0 Å². The summed E-state index contributed by atoms with van der Waals surface area (Å²) in [4.78, 5) is 45.6. The molecule has 4 N–H and O–H groups in total. The van der Waals surface area contributed by atoms with Gasteiger partial charge in [-0.3, -0.25) is 14.4 Å². The Hall–Kier alpha value is -4.24. The first-order chi connectivity index (χ1) is 19.5. The molecule has 0 saturated carbocycles. The third-order valence-corrected chi connectivity index (χ3v) is 7.25. The van der Waals surface area contributed by atoms with Gasteiger partial charge in [0, 0.05) is 61.4 Å². The molecule has 0 saturated heterocycles. The molecule has 9 nitrogen and oxygen atoms in total. The van der Waals surface area contributed by atoms with Gasteiger partial charge in [-0.1, -0.05) is 11.6 Å². The van der Waals surface area contributed by atoms with Crippen LogP contribution >= 0.6 is 11.6 Å². The smallest absolute Gasteiger partial charge is 0.244 e. The Balaban J connectivity index is 1.61. The molecule has 10 heteroatoms. The first-order valence-electron chi connectivity index (χ1n) is 13.4. The van der Waals surface area contributed by atoms with Crippen molar-refractivity contribution in [3.63, 3.8) is 0 Å². The molecule has 0 spiro atoms. The number of rotatable bonds is 12. The summed E-state index contributed by atoms with van der Waals surface area (Å²) in [5.41, 5.74) is 6.69. The fraction of sp³-hybridized carbons (Fsp3) is 0.323. The van der Waals surface area contributed by atoms with Crippen molar-refractivity contribution >= 4 is 40.8 Å². The maximum absolute atomic E-state index is 12.9. The van der Waals surface area contributed by atoms with Gasteiger partial charge in [-0.15, -0.1) is 0 Å². The lowest BCUT2D eigenvalue weighted by molar-refractivity contribution is -0.119. The predicted octanol–water partition coefficient (Wildman–Crippen LogP) is 4.85. The number of nitrogens with zero attached hydrogens (tertiary/aromatic N) is 2. The fourth-order valence-corrected chi connectivity index (χ4v) is 4.45. The van der Waals surface area contributed by atoms with Crippen molar-refractivity contribution in [2.75, 3.05) is 36.8 Å². The van der Waals surface area contributed by atoms with Crippen molar-refractivity contribution in [1.82, 2.24) is 20.6 Å². The molecular formula is C31H37ClN6O3. The van der Waals surface area contributed by atoms with Crippen LogP contribution in [0.15, 0.2) is 42.5 Å². The summed E-state index contributed by atoms with van der Waals surface area (Å²) in [6.07, 6.45) is 2.60. The Morgan fingerprint density at radius 1 is 0.732 bits per heavy atom. The monoisotopic (exact) mass is 576 g/mol. The highest BCUT2D eigenvalue weighted by Gasteiger charge is 2.16. The number of amides is 2. The van der Waals surface area contributed by atoms with Gasteiger partial charge in [-0.2, -0.15) is 0 Å². The van der Waals surface area contributed by atoms with Gasteiger partial charge < -0.3 is 21.3 Å². The zero-order chi connectivity index (χ0) is 30.1. The van der Waals surface area contributed by atoms with Crippen molar-refractivity contribution < 1.29 is 14.4 Å². The molecule has 3 aromatic rings. The number of nitrogens with one attached hydrogen (secondary N) is 4. The Bertz CT molecular complexity index is 1440. The van der Waals surface area contributed by atoms with Crippen LogP contribution in [0.3, 0.4) is 0 Å². The van der Waals surface area contributed by atoms with Crippen molar-refractivity contribution in [2.24, 2.45) is 0 Å². The lowest BCUT2D eigenvalue weighted by Crippen LogP contribution is -2.28. The van der Waals surface area contributed by atoms with Gasteiger partial charge in [0.25, 0.3) is 0 Å².